The van der Waals surface area contributed by atoms with Gasteiger partial charge in [-0.3, -0.25) is 0 Å². The monoisotopic (exact) mass is 290 g/mol. The van der Waals surface area contributed by atoms with Crippen molar-refractivity contribution in [2.24, 2.45) is 11.3 Å². The molecule has 122 valence electrons. The minimum Gasteiger partial charge on any atom is -0.0816 e. The van der Waals surface area contributed by atoms with E-state index in [1.807, 2.05) is 5.57 Å². The molecular weight excluding hydrogens is 252 g/mol. The van der Waals surface area contributed by atoms with Crippen LogP contribution in [0.4, 0.5) is 0 Å². The topological polar surface area (TPSA) is 0 Å². The zero-order valence-electron chi connectivity index (χ0n) is 14.8. The highest BCUT2D eigenvalue weighted by Gasteiger charge is 2.53. The summed E-state index contributed by atoms with van der Waals surface area (Å²) in [4.78, 5) is 0. The molecule has 0 heteroatoms. The third-order valence-electron chi connectivity index (χ3n) is 5.99. The molecule has 2 rings (SSSR count). The molecule has 0 saturated heterocycles. The van der Waals surface area contributed by atoms with E-state index in [1.165, 1.54) is 96.3 Å². The molecule has 0 nitrogen and oxygen atoms in total. The van der Waals surface area contributed by atoms with Crippen LogP contribution in [0.15, 0.2) is 11.6 Å². The Hall–Kier alpha value is -0.260. The summed E-state index contributed by atoms with van der Waals surface area (Å²) in [5.74, 6) is 0.979. The first-order valence-electron chi connectivity index (χ1n) is 10.0. The van der Waals surface area contributed by atoms with Gasteiger partial charge in [0, 0.05) is 0 Å². The molecule has 0 unspecified atom stereocenters. The van der Waals surface area contributed by atoms with Crippen LogP contribution in [0.1, 0.15) is 110 Å². The third kappa shape index (κ3) is 5.46. The van der Waals surface area contributed by atoms with E-state index in [2.05, 4.69) is 19.9 Å². The second-order valence-corrected chi connectivity index (χ2v) is 7.83. The summed E-state index contributed by atoms with van der Waals surface area (Å²) in [6, 6.07) is 0. The highest BCUT2D eigenvalue weighted by molar-refractivity contribution is 5.18. The van der Waals surface area contributed by atoms with Gasteiger partial charge < -0.3 is 0 Å². The molecule has 2 aliphatic rings. The van der Waals surface area contributed by atoms with Gasteiger partial charge in [0.05, 0.1) is 0 Å². The van der Waals surface area contributed by atoms with Crippen LogP contribution >= 0.6 is 0 Å². The third-order valence-corrected chi connectivity index (χ3v) is 5.99. The summed E-state index contributed by atoms with van der Waals surface area (Å²) in [6.07, 6.45) is 24.5. The van der Waals surface area contributed by atoms with Crippen molar-refractivity contribution in [1.82, 2.24) is 0 Å². The van der Waals surface area contributed by atoms with Crippen molar-refractivity contribution in [1.29, 1.82) is 0 Å². The molecule has 21 heavy (non-hydrogen) atoms. The molecule has 0 radical (unpaired) electrons. The predicted octanol–water partition coefficient (Wildman–Crippen LogP) is 7.43. The minimum absolute atomic E-state index is 0.804. The Kier molecular flexibility index (Phi) is 7.34. The van der Waals surface area contributed by atoms with Crippen LogP contribution in [0, 0.1) is 11.3 Å². The second kappa shape index (κ2) is 9.01. The lowest BCUT2D eigenvalue weighted by Crippen LogP contribution is -1.96. The summed E-state index contributed by atoms with van der Waals surface area (Å²) < 4.78 is 0. The van der Waals surface area contributed by atoms with Crippen molar-refractivity contribution in [3.63, 3.8) is 0 Å². The first-order chi connectivity index (χ1) is 10.3. The van der Waals surface area contributed by atoms with Gasteiger partial charge in [-0.25, -0.2) is 0 Å². The van der Waals surface area contributed by atoms with Crippen LogP contribution in [0.2, 0.25) is 0 Å². The lowest BCUT2D eigenvalue weighted by Gasteiger charge is -2.10. The fourth-order valence-electron chi connectivity index (χ4n) is 4.40. The van der Waals surface area contributed by atoms with E-state index in [9.17, 15) is 0 Å². The number of rotatable bonds is 11. The van der Waals surface area contributed by atoms with E-state index in [-0.39, 0.29) is 0 Å². The van der Waals surface area contributed by atoms with Crippen molar-refractivity contribution >= 4 is 0 Å². The quantitative estimate of drug-likeness (QED) is 0.274. The van der Waals surface area contributed by atoms with Gasteiger partial charge in [0.1, 0.15) is 0 Å². The molecule has 1 spiro atoms. The summed E-state index contributed by atoms with van der Waals surface area (Å²) >= 11 is 0. The zero-order valence-corrected chi connectivity index (χ0v) is 14.8. The van der Waals surface area contributed by atoms with Crippen LogP contribution in [-0.2, 0) is 0 Å². The Morgan fingerprint density at radius 3 is 1.95 bits per heavy atom. The molecule has 0 N–H and O–H groups in total. The zero-order chi connectivity index (χ0) is 15.0. The molecule has 0 aromatic rings. The van der Waals surface area contributed by atoms with E-state index >= 15 is 0 Å². The predicted molar refractivity (Wildman–Crippen MR) is 94.6 cm³/mol. The lowest BCUT2D eigenvalue weighted by molar-refractivity contribution is 0.500. The van der Waals surface area contributed by atoms with Gasteiger partial charge >= 0.3 is 0 Å². The van der Waals surface area contributed by atoms with Crippen LogP contribution < -0.4 is 0 Å². The number of unbranched alkanes of at least 4 members (excludes halogenated alkanes) is 6. The number of hydrogen-bond donors (Lipinski definition) is 0. The van der Waals surface area contributed by atoms with E-state index in [4.69, 9.17) is 0 Å². The Morgan fingerprint density at radius 2 is 1.43 bits per heavy atom. The summed E-state index contributed by atoms with van der Waals surface area (Å²) in [6.45, 7) is 4.63. The lowest BCUT2D eigenvalue weighted by atomic mass is 9.96. The van der Waals surface area contributed by atoms with Crippen molar-refractivity contribution in [2.45, 2.75) is 110 Å². The minimum atomic E-state index is 0.804. The van der Waals surface area contributed by atoms with Gasteiger partial charge in [-0.2, -0.15) is 0 Å². The number of allylic oxidation sites excluding steroid dienone is 2. The maximum absolute atomic E-state index is 2.75. The van der Waals surface area contributed by atoms with Crippen molar-refractivity contribution in [3.8, 4) is 0 Å². The molecule has 0 amide bonds. The molecule has 2 fully saturated rings. The van der Waals surface area contributed by atoms with Gasteiger partial charge in [0.2, 0.25) is 0 Å². The molecule has 0 aromatic carbocycles. The summed E-state index contributed by atoms with van der Waals surface area (Å²) in [5.41, 5.74) is 2.63. The fourth-order valence-corrected chi connectivity index (χ4v) is 4.40. The number of hydrogen-bond acceptors (Lipinski definition) is 0. The molecule has 0 aliphatic heterocycles. The van der Waals surface area contributed by atoms with E-state index in [0.717, 1.165) is 11.3 Å². The molecule has 0 heterocycles. The largest absolute Gasteiger partial charge is 0.0816 e. The average Bonchev–Trinajstić information content (AvgIpc) is 2.92. The van der Waals surface area contributed by atoms with Crippen LogP contribution in [0.25, 0.3) is 0 Å². The van der Waals surface area contributed by atoms with Crippen molar-refractivity contribution in [3.05, 3.63) is 11.6 Å². The first kappa shape index (κ1) is 17.1. The molecular formula is C21H38. The molecule has 2 aliphatic carbocycles. The van der Waals surface area contributed by atoms with Crippen LogP contribution in [0.5, 0.6) is 0 Å². The van der Waals surface area contributed by atoms with Gasteiger partial charge in [0.25, 0.3) is 0 Å². The SMILES string of the molecule is CCCCCCC(=C[C@@H]1CC12CCCC2)CCCCCC. The summed E-state index contributed by atoms with van der Waals surface area (Å²) in [7, 11) is 0. The Bertz CT molecular complexity index is 292. The molecule has 0 bridgehead atoms. The van der Waals surface area contributed by atoms with Crippen molar-refractivity contribution in [2.75, 3.05) is 0 Å². The highest BCUT2D eigenvalue weighted by atomic mass is 14.6. The average molecular weight is 291 g/mol. The van der Waals surface area contributed by atoms with Gasteiger partial charge in [-0.05, 0) is 56.3 Å². The first-order valence-corrected chi connectivity index (χ1v) is 10.0. The Morgan fingerprint density at radius 1 is 0.857 bits per heavy atom. The smallest absolute Gasteiger partial charge is 0.0168 e. The highest BCUT2D eigenvalue weighted by Crippen LogP contribution is 2.63. The van der Waals surface area contributed by atoms with Gasteiger partial charge in [-0.1, -0.05) is 76.9 Å². The Labute approximate surface area is 133 Å². The molecule has 1 atom stereocenters. The van der Waals surface area contributed by atoms with Gasteiger partial charge in [0.15, 0.2) is 0 Å². The molecule has 0 aromatic heterocycles. The molecule has 2 saturated carbocycles. The standard InChI is InChI=1S/C21H38/c1-3-5-7-9-13-19(14-10-8-6-4-2)17-20-18-21(20)15-11-12-16-21/h17,20H,3-16,18H2,1-2H3/t20-/m1/s1. The van der Waals surface area contributed by atoms with Crippen LogP contribution in [-0.4, -0.2) is 0 Å². The fraction of sp³-hybridized carbons (Fsp3) is 0.905. The summed E-state index contributed by atoms with van der Waals surface area (Å²) in [5, 5.41) is 0. The normalized spacial score (nSPS) is 22.7. The van der Waals surface area contributed by atoms with E-state index in [0.29, 0.717) is 0 Å². The van der Waals surface area contributed by atoms with Crippen molar-refractivity contribution < 1.29 is 0 Å². The second-order valence-electron chi connectivity index (χ2n) is 7.83. The van der Waals surface area contributed by atoms with Crippen LogP contribution in [0.3, 0.4) is 0 Å². The maximum Gasteiger partial charge on any atom is -0.0168 e. The van der Waals surface area contributed by atoms with E-state index < -0.39 is 0 Å². The maximum atomic E-state index is 2.75. The Balaban J connectivity index is 1.76. The van der Waals surface area contributed by atoms with Gasteiger partial charge in [-0.15, -0.1) is 0 Å². The van der Waals surface area contributed by atoms with E-state index in [1.54, 1.807) is 0 Å².